The molecule has 0 unspecified atom stereocenters. The largest absolute Gasteiger partial charge is 0.477 e. The normalized spacial score (nSPS) is 16.8. The van der Waals surface area contributed by atoms with E-state index in [4.69, 9.17) is 9.84 Å². The van der Waals surface area contributed by atoms with Gasteiger partial charge in [0.25, 0.3) is 0 Å². The molecule has 1 aromatic rings. The van der Waals surface area contributed by atoms with E-state index in [1.807, 2.05) is 12.3 Å². The van der Waals surface area contributed by atoms with Crippen LogP contribution in [-0.4, -0.2) is 36.9 Å². The molecule has 100 valence electrons. The summed E-state index contributed by atoms with van der Waals surface area (Å²) in [4.78, 5) is 13.9. The summed E-state index contributed by atoms with van der Waals surface area (Å²) < 4.78 is 5.39. The first-order valence-electron chi connectivity index (χ1n) is 6.31. The molecule has 5 heteroatoms. The molecule has 0 amide bonds. The van der Waals surface area contributed by atoms with E-state index in [9.17, 15) is 4.79 Å². The number of thiophene rings is 1. The van der Waals surface area contributed by atoms with E-state index in [0.717, 1.165) is 43.9 Å². The molecule has 1 aliphatic heterocycles. The fourth-order valence-corrected chi connectivity index (χ4v) is 3.45. The third kappa shape index (κ3) is 2.52. The summed E-state index contributed by atoms with van der Waals surface area (Å²) in [7, 11) is 0. The van der Waals surface area contributed by atoms with Gasteiger partial charge in [-0.25, -0.2) is 4.79 Å². The fourth-order valence-electron chi connectivity index (χ4n) is 2.52. The number of hydrogen-bond acceptors (Lipinski definition) is 4. The van der Waals surface area contributed by atoms with E-state index in [-0.39, 0.29) is 0 Å². The van der Waals surface area contributed by atoms with Crippen LogP contribution in [0.2, 0.25) is 0 Å². The number of ether oxygens (including phenoxy) is 1. The van der Waals surface area contributed by atoms with E-state index < -0.39 is 5.97 Å². The van der Waals surface area contributed by atoms with Gasteiger partial charge in [0.1, 0.15) is 4.88 Å². The predicted molar refractivity (Wildman–Crippen MR) is 72.9 cm³/mol. The Kier molecular flexibility index (Phi) is 4.24. The van der Waals surface area contributed by atoms with Crippen LogP contribution in [0.1, 0.15) is 35.0 Å². The molecule has 1 aromatic heterocycles. The number of nitrogens with zero attached hydrogens (tertiary/aromatic N) is 1. The second-order valence-electron chi connectivity index (χ2n) is 4.51. The second kappa shape index (κ2) is 5.71. The van der Waals surface area contributed by atoms with E-state index >= 15 is 0 Å². The first-order valence-corrected chi connectivity index (χ1v) is 7.18. The molecular formula is C13H19NO3S. The van der Waals surface area contributed by atoms with Crippen LogP contribution < -0.4 is 4.90 Å². The zero-order chi connectivity index (χ0) is 13.1. The standard InChI is InChI=1S/C13H19NO3S/c1-3-14(10-4-6-17-7-5-10)11-8-18-12(9(11)2)13(15)16/h8,10H,3-7H2,1-2H3,(H,15,16). The average molecular weight is 269 g/mol. The number of anilines is 1. The van der Waals surface area contributed by atoms with Crippen molar-refractivity contribution in [1.29, 1.82) is 0 Å². The van der Waals surface area contributed by atoms with Crippen molar-refractivity contribution in [3.63, 3.8) is 0 Å². The highest BCUT2D eigenvalue weighted by molar-refractivity contribution is 7.12. The lowest BCUT2D eigenvalue weighted by atomic mass is 10.1. The van der Waals surface area contributed by atoms with Crippen LogP contribution >= 0.6 is 11.3 Å². The van der Waals surface area contributed by atoms with Gasteiger partial charge in [-0.3, -0.25) is 0 Å². The zero-order valence-electron chi connectivity index (χ0n) is 10.8. The maximum atomic E-state index is 11.1. The summed E-state index contributed by atoms with van der Waals surface area (Å²) in [6, 6.07) is 0.471. The highest BCUT2D eigenvalue weighted by Gasteiger charge is 2.24. The van der Waals surface area contributed by atoms with E-state index in [0.29, 0.717) is 10.9 Å². The van der Waals surface area contributed by atoms with Gasteiger partial charge >= 0.3 is 5.97 Å². The van der Waals surface area contributed by atoms with Crippen molar-refractivity contribution in [2.45, 2.75) is 32.7 Å². The lowest BCUT2D eigenvalue weighted by Gasteiger charge is -2.35. The summed E-state index contributed by atoms with van der Waals surface area (Å²) in [6.07, 6.45) is 2.04. The van der Waals surface area contributed by atoms with Crippen LogP contribution in [-0.2, 0) is 4.74 Å². The molecule has 2 rings (SSSR count). The zero-order valence-corrected chi connectivity index (χ0v) is 11.6. The SMILES string of the molecule is CCN(c1csc(C(=O)O)c1C)C1CCOCC1. The maximum absolute atomic E-state index is 11.1. The Morgan fingerprint density at radius 1 is 1.56 bits per heavy atom. The van der Waals surface area contributed by atoms with E-state index in [2.05, 4.69) is 11.8 Å². The minimum atomic E-state index is -0.827. The van der Waals surface area contributed by atoms with E-state index in [1.165, 1.54) is 11.3 Å². The quantitative estimate of drug-likeness (QED) is 0.913. The third-order valence-corrected chi connectivity index (χ3v) is 4.55. The van der Waals surface area contributed by atoms with Crippen molar-refractivity contribution >= 4 is 23.0 Å². The third-order valence-electron chi connectivity index (χ3n) is 3.49. The lowest BCUT2D eigenvalue weighted by molar-refractivity contribution is 0.0701. The molecule has 1 aliphatic rings. The number of hydrogen-bond donors (Lipinski definition) is 1. The summed E-state index contributed by atoms with van der Waals surface area (Å²) in [5, 5.41) is 11.1. The number of aromatic carboxylic acids is 1. The molecular weight excluding hydrogens is 250 g/mol. The Labute approximate surface area is 111 Å². The number of carboxylic acids is 1. The van der Waals surface area contributed by atoms with Crippen molar-refractivity contribution < 1.29 is 14.6 Å². The van der Waals surface area contributed by atoms with Gasteiger partial charge in [0.15, 0.2) is 0 Å². The van der Waals surface area contributed by atoms with Crippen LogP contribution in [0.15, 0.2) is 5.38 Å². The Hall–Kier alpha value is -1.07. The van der Waals surface area contributed by atoms with Crippen LogP contribution in [0, 0.1) is 6.92 Å². The Morgan fingerprint density at radius 2 is 2.22 bits per heavy atom. The highest BCUT2D eigenvalue weighted by Crippen LogP contribution is 2.32. The molecule has 0 saturated carbocycles. The van der Waals surface area contributed by atoms with Crippen molar-refractivity contribution in [3.8, 4) is 0 Å². The van der Waals surface area contributed by atoms with Gasteiger partial charge < -0.3 is 14.7 Å². The summed E-state index contributed by atoms with van der Waals surface area (Å²) in [5.74, 6) is -0.827. The highest BCUT2D eigenvalue weighted by atomic mass is 32.1. The van der Waals surface area contributed by atoms with Crippen LogP contribution in [0.5, 0.6) is 0 Å². The van der Waals surface area contributed by atoms with Gasteiger partial charge in [-0.1, -0.05) is 0 Å². The lowest BCUT2D eigenvalue weighted by Crippen LogP contribution is -2.39. The summed E-state index contributed by atoms with van der Waals surface area (Å²) >= 11 is 1.32. The molecule has 2 heterocycles. The van der Waals surface area contributed by atoms with Crippen molar-refractivity contribution in [3.05, 3.63) is 15.8 Å². The molecule has 0 bridgehead atoms. The van der Waals surface area contributed by atoms with Gasteiger partial charge in [0.2, 0.25) is 0 Å². The van der Waals surface area contributed by atoms with Gasteiger partial charge in [-0.15, -0.1) is 11.3 Å². The second-order valence-corrected chi connectivity index (χ2v) is 5.39. The molecule has 0 aliphatic carbocycles. The minimum Gasteiger partial charge on any atom is -0.477 e. The number of carbonyl (C=O) groups is 1. The average Bonchev–Trinajstić information content (AvgIpc) is 2.74. The smallest absolute Gasteiger partial charge is 0.346 e. The summed E-state index contributed by atoms with van der Waals surface area (Å²) in [6.45, 7) is 6.53. The molecule has 0 aromatic carbocycles. The van der Waals surface area contributed by atoms with Gasteiger partial charge in [-0.2, -0.15) is 0 Å². The van der Waals surface area contributed by atoms with Gasteiger partial charge in [0, 0.05) is 31.2 Å². The monoisotopic (exact) mass is 269 g/mol. The minimum absolute atomic E-state index is 0.454. The number of carboxylic acid groups (broad SMARTS) is 1. The Bertz CT molecular complexity index is 424. The molecule has 1 N–H and O–H groups in total. The predicted octanol–water partition coefficient (Wildman–Crippen LogP) is 2.76. The molecule has 0 atom stereocenters. The summed E-state index contributed by atoms with van der Waals surface area (Å²) in [5.41, 5.74) is 1.97. The Balaban J connectivity index is 2.24. The van der Waals surface area contributed by atoms with Crippen LogP contribution in [0.25, 0.3) is 0 Å². The topological polar surface area (TPSA) is 49.8 Å². The van der Waals surface area contributed by atoms with Crippen LogP contribution in [0.3, 0.4) is 0 Å². The van der Waals surface area contributed by atoms with Gasteiger partial charge in [0.05, 0.1) is 5.69 Å². The molecule has 18 heavy (non-hydrogen) atoms. The van der Waals surface area contributed by atoms with Crippen molar-refractivity contribution in [2.24, 2.45) is 0 Å². The fraction of sp³-hybridized carbons (Fsp3) is 0.615. The first-order chi connectivity index (χ1) is 8.65. The van der Waals surface area contributed by atoms with Crippen molar-refractivity contribution in [2.75, 3.05) is 24.7 Å². The van der Waals surface area contributed by atoms with Crippen LogP contribution in [0.4, 0.5) is 5.69 Å². The number of rotatable bonds is 4. The van der Waals surface area contributed by atoms with Crippen molar-refractivity contribution in [1.82, 2.24) is 0 Å². The Morgan fingerprint density at radius 3 is 2.72 bits per heavy atom. The first kappa shape index (κ1) is 13.4. The molecule has 1 fully saturated rings. The molecule has 0 radical (unpaired) electrons. The molecule has 4 nitrogen and oxygen atoms in total. The maximum Gasteiger partial charge on any atom is 0.346 e. The molecule has 0 spiro atoms. The van der Waals surface area contributed by atoms with Gasteiger partial charge in [-0.05, 0) is 32.3 Å². The van der Waals surface area contributed by atoms with E-state index in [1.54, 1.807) is 0 Å². The molecule has 1 saturated heterocycles.